The molecule has 1 atom stereocenters. The number of carbonyl (C=O) groups excluding carboxylic acids is 2. The summed E-state index contributed by atoms with van der Waals surface area (Å²) in [6, 6.07) is 18.6. The summed E-state index contributed by atoms with van der Waals surface area (Å²) in [5.74, 6) is -1.28. The first-order valence-corrected chi connectivity index (χ1v) is 11.4. The summed E-state index contributed by atoms with van der Waals surface area (Å²) in [7, 11) is 0. The van der Waals surface area contributed by atoms with Crippen molar-refractivity contribution in [1.29, 1.82) is 5.26 Å². The highest BCUT2D eigenvalue weighted by Gasteiger charge is 2.22. The zero-order valence-corrected chi connectivity index (χ0v) is 20.1. The Hall–Kier alpha value is -5.04. The molecule has 3 rings (SSSR count). The molecule has 0 saturated heterocycles. The second-order valence-electron chi connectivity index (χ2n) is 7.86. The Balaban J connectivity index is 1.69. The summed E-state index contributed by atoms with van der Waals surface area (Å²) in [5, 5.41) is 24.3. The van der Waals surface area contributed by atoms with Crippen molar-refractivity contribution >= 4 is 29.3 Å². The Bertz CT molecular complexity index is 1330. The SMILES string of the molecule is CCOc1cc(C(Nc2cccc(C(N)=O)c2)C(=O)O)ccc1CCOC(=O)Nc1cccc(C#N)c1. The number of nitrogens with zero attached hydrogens (tertiary/aromatic N) is 1. The summed E-state index contributed by atoms with van der Waals surface area (Å²) < 4.78 is 11.0. The van der Waals surface area contributed by atoms with Gasteiger partial charge < -0.3 is 25.6 Å². The number of nitrogens with two attached hydrogens (primary N) is 1. The van der Waals surface area contributed by atoms with E-state index in [9.17, 15) is 19.5 Å². The van der Waals surface area contributed by atoms with E-state index in [4.69, 9.17) is 20.5 Å². The molecule has 0 aliphatic carbocycles. The van der Waals surface area contributed by atoms with E-state index in [2.05, 4.69) is 10.6 Å². The number of ether oxygens (including phenoxy) is 2. The van der Waals surface area contributed by atoms with Gasteiger partial charge in [0.05, 0.1) is 24.8 Å². The van der Waals surface area contributed by atoms with E-state index < -0.39 is 24.0 Å². The summed E-state index contributed by atoms with van der Waals surface area (Å²) in [6.45, 7) is 2.20. The van der Waals surface area contributed by atoms with Crippen molar-refractivity contribution in [2.24, 2.45) is 5.73 Å². The van der Waals surface area contributed by atoms with Crippen LogP contribution in [0.4, 0.5) is 16.2 Å². The molecule has 0 aliphatic heterocycles. The minimum absolute atomic E-state index is 0.0454. The standard InChI is InChI=1S/C27H26N4O6/c1-2-36-23-15-19(24(26(33)34)30-22-8-4-6-20(14-22)25(29)32)10-9-18(23)11-12-37-27(35)31-21-7-3-5-17(13-21)16-28/h3-10,13-15,24,30H,2,11-12H2,1H3,(H2,29,32)(H,31,35)(H,33,34). The van der Waals surface area contributed by atoms with E-state index in [-0.39, 0.29) is 12.2 Å². The molecule has 0 heterocycles. The minimum atomic E-state index is -1.12. The molecule has 1 unspecified atom stereocenters. The van der Waals surface area contributed by atoms with Gasteiger partial charge in [-0.15, -0.1) is 0 Å². The number of nitriles is 1. The third-order valence-corrected chi connectivity index (χ3v) is 5.27. The fourth-order valence-corrected chi connectivity index (χ4v) is 3.54. The van der Waals surface area contributed by atoms with Crippen LogP contribution >= 0.6 is 0 Å². The molecule has 2 amide bonds. The van der Waals surface area contributed by atoms with Crippen molar-refractivity contribution in [1.82, 2.24) is 0 Å². The Labute approximate surface area is 213 Å². The molecule has 0 aromatic heterocycles. The molecular weight excluding hydrogens is 476 g/mol. The van der Waals surface area contributed by atoms with Crippen molar-refractivity contribution < 1.29 is 29.0 Å². The summed E-state index contributed by atoms with van der Waals surface area (Å²) in [6.07, 6.45) is -0.342. The van der Waals surface area contributed by atoms with E-state index in [1.165, 1.54) is 18.2 Å². The molecular formula is C27H26N4O6. The van der Waals surface area contributed by atoms with Crippen molar-refractivity contribution in [3.05, 3.63) is 89.0 Å². The van der Waals surface area contributed by atoms with Crippen LogP contribution in [0.2, 0.25) is 0 Å². The third-order valence-electron chi connectivity index (χ3n) is 5.27. The van der Waals surface area contributed by atoms with Crippen LogP contribution in [0.3, 0.4) is 0 Å². The Kier molecular flexibility index (Phi) is 9.05. The van der Waals surface area contributed by atoms with Crippen molar-refractivity contribution in [2.45, 2.75) is 19.4 Å². The largest absolute Gasteiger partial charge is 0.494 e. The van der Waals surface area contributed by atoms with Crippen LogP contribution in [0.25, 0.3) is 0 Å². The van der Waals surface area contributed by atoms with Crippen LogP contribution < -0.4 is 21.1 Å². The maximum absolute atomic E-state index is 12.1. The molecule has 0 saturated carbocycles. The van der Waals surface area contributed by atoms with Gasteiger partial charge in [0.25, 0.3) is 0 Å². The van der Waals surface area contributed by atoms with Crippen LogP contribution in [0, 0.1) is 11.3 Å². The van der Waals surface area contributed by atoms with E-state index in [1.54, 1.807) is 55.5 Å². The van der Waals surface area contributed by atoms with Gasteiger partial charge in [0.15, 0.2) is 6.04 Å². The summed E-state index contributed by atoms with van der Waals surface area (Å²) in [4.78, 5) is 35.6. The topological polar surface area (TPSA) is 164 Å². The third kappa shape index (κ3) is 7.47. The van der Waals surface area contributed by atoms with Crippen LogP contribution in [0.5, 0.6) is 5.75 Å². The average Bonchev–Trinajstić information content (AvgIpc) is 2.88. The van der Waals surface area contributed by atoms with Gasteiger partial charge in [-0.05, 0) is 60.5 Å². The van der Waals surface area contributed by atoms with Gasteiger partial charge in [-0.1, -0.05) is 24.3 Å². The fourth-order valence-electron chi connectivity index (χ4n) is 3.54. The second-order valence-corrected chi connectivity index (χ2v) is 7.86. The normalized spacial score (nSPS) is 11.0. The molecule has 37 heavy (non-hydrogen) atoms. The van der Waals surface area contributed by atoms with Gasteiger partial charge in [-0.2, -0.15) is 5.26 Å². The number of benzene rings is 3. The fraction of sp³-hybridized carbons (Fsp3) is 0.185. The number of carboxylic acid groups (broad SMARTS) is 1. The average molecular weight is 503 g/mol. The van der Waals surface area contributed by atoms with Gasteiger partial charge in [0, 0.05) is 23.4 Å². The van der Waals surface area contributed by atoms with E-state index in [0.29, 0.717) is 41.3 Å². The number of primary amides is 1. The zero-order valence-electron chi connectivity index (χ0n) is 20.1. The van der Waals surface area contributed by atoms with Gasteiger partial charge in [0.1, 0.15) is 5.75 Å². The lowest BCUT2D eigenvalue weighted by atomic mass is 10.0. The van der Waals surface area contributed by atoms with Gasteiger partial charge in [0.2, 0.25) is 5.91 Å². The van der Waals surface area contributed by atoms with Crippen LogP contribution in [0.1, 0.15) is 40.0 Å². The number of carbonyl (C=O) groups is 3. The van der Waals surface area contributed by atoms with Gasteiger partial charge in [-0.25, -0.2) is 9.59 Å². The number of rotatable bonds is 11. The molecule has 10 nitrogen and oxygen atoms in total. The quantitative estimate of drug-likeness (QED) is 0.305. The van der Waals surface area contributed by atoms with E-state index >= 15 is 0 Å². The molecule has 3 aromatic rings. The molecule has 0 fully saturated rings. The number of hydrogen-bond acceptors (Lipinski definition) is 7. The highest BCUT2D eigenvalue weighted by atomic mass is 16.5. The second kappa shape index (κ2) is 12.6. The number of aliphatic carboxylic acids is 1. The maximum Gasteiger partial charge on any atom is 0.411 e. The first-order chi connectivity index (χ1) is 17.8. The molecule has 5 N–H and O–H groups in total. The van der Waals surface area contributed by atoms with Gasteiger partial charge >= 0.3 is 12.1 Å². The highest BCUT2D eigenvalue weighted by Crippen LogP contribution is 2.28. The number of hydrogen-bond donors (Lipinski definition) is 4. The van der Waals surface area contributed by atoms with Crippen LogP contribution in [0.15, 0.2) is 66.7 Å². The molecule has 0 spiro atoms. The lowest BCUT2D eigenvalue weighted by Crippen LogP contribution is -2.21. The van der Waals surface area contributed by atoms with E-state index in [0.717, 1.165) is 5.56 Å². The minimum Gasteiger partial charge on any atom is -0.494 e. The lowest BCUT2D eigenvalue weighted by molar-refractivity contribution is -0.138. The first kappa shape index (κ1) is 26.6. The molecule has 10 heteroatoms. The Morgan fingerprint density at radius 1 is 1.05 bits per heavy atom. The molecule has 3 aromatic carbocycles. The summed E-state index contributed by atoms with van der Waals surface area (Å²) >= 11 is 0. The van der Waals surface area contributed by atoms with E-state index in [1.807, 2.05) is 6.07 Å². The smallest absolute Gasteiger partial charge is 0.411 e. The highest BCUT2D eigenvalue weighted by molar-refractivity contribution is 5.94. The number of anilines is 2. The van der Waals surface area contributed by atoms with Crippen molar-refractivity contribution in [3.8, 4) is 11.8 Å². The van der Waals surface area contributed by atoms with Crippen LogP contribution in [-0.2, 0) is 16.0 Å². The predicted octanol–water partition coefficient (Wildman–Crippen LogP) is 4.08. The molecule has 0 bridgehead atoms. The van der Waals surface area contributed by atoms with Crippen LogP contribution in [-0.4, -0.2) is 36.3 Å². The van der Waals surface area contributed by atoms with Crippen molar-refractivity contribution in [2.75, 3.05) is 23.8 Å². The summed E-state index contributed by atoms with van der Waals surface area (Å²) in [5.41, 5.74) is 8.00. The molecule has 190 valence electrons. The lowest BCUT2D eigenvalue weighted by Gasteiger charge is -2.19. The Morgan fingerprint density at radius 2 is 1.81 bits per heavy atom. The monoisotopic (exact) mass is 502 g/mol. The van der Waals surface area contributed by atoms with Crippen molar-refractivity contribution in [3.63, 3.8) is 0 Å². The first-order valence-electron chi connectivity index (χ1n) is 11.4. The Morgan fingerprint density at radius 3 is 2.51 bits per heavy atom. The maximum atomic E-state index is 12.1. The predicted molar refractivity (Wildman–Crippen MR) is 136 cm³/mol. The zero-order chi connectivity index (χ0) is 26.8. The van der Waals surface area contributed by atoms with Gasteiger partial charge in [-0.3, -0.25) is 10.1 Å². The molecule has 0 aliphatic rings. The number of amides is 2. The molecule has 0 radical (unpaired) electrons. The number of carboxylic acids is 1. The number of nitrogens with one attached hydrogen (secondary N) is 2.